The average molecular weight is 226 g/mol. The predicted molar refractivity (Wildman–Crippen MR) is 62.3 cm³/mol. The molecule has 1 aromatic carbocycles. The topological polar surface area (TPSA) is 32.3 Å². The number of aliphatic hydroxyl groups is 1. The summed E-state index contributed by atoms with van der Waals surface area (Å²) in [5.74, 6) is 0.796. The molecule has 0 bridgehead atoms. The first-order valence-corrected chi connectivity index (χ1v) is 5.75. The number of hydrogen-bond acceptors (Lipinski definition) is 2. The van der Waals surface area contributed by atoms with Crippen molar-refractivity contribution in [1.82, 2.24) is 5.32 Å². The van der Waals surface area contributed by atoms with Crippen LogP contribution in [0.2, 0.25) is 5.02 Å². The number of halogens is 1. The van der Waals surface area contributed by atoms with E-state index in [1.807, 2.05) is 18.2 Å². The highest BCUT2D eigenvalue weighted by atomic mass is 35.5. The Labute approximate surface area is 95.3 Å². The van der Waals surface area contributed by atoms with Crippen LogP contribution in [0.15, 0.2) is 24.3 Å². The lowest BCUT2D eigenvalue weighted by atomic mass is 9.86. The molecule has 3 heteroatoms. The minimum Gasteiger partial charge on any atom is -0.396 e. The van der Waals surface area contributed by atoms with E-state index in [-0.39, 0.29) is 6.61 Å². The van der Waals surface area contributed by atoms with Crippen LogP contribution in [-0.4, -0.2) is 24.8 Å². The molecule has 1 saturated heterocycles. The zero-order valence-corrected chi connectivity index (χ0v) is 9.37. The molecule has 2 nitrogen and oxygen atoms in total. The van der Waals surface area contributed by atoms with Crippen molar-refractivity contribution in [2.24, 2.45) is 5.92 Å². The van der Waals surface area contributed by atoms with E-state index in [0.29, 0.717) is 11.8 Å². The van der Waals surface area contributed by atoms with Gasteiger partial charge in [0.05, 0.1) is 0 Å². The van der Waals surface area contributed by atoms with Gasteiger partial charge in [-0.2, -0.15) is 0 Å². The summed E-state index contributed by atoms with van der Waals surface area (Å²) in [6.07, 6.45) is 1.02. The number of rotatable bonds is 2. The normalized spacial score (nSPS) is 26.5. The molecule has 2 unspecified atom stereocenters. The number of nitrogens with one attached hydrogen (secondary N) is 1. The Balaban J connectivity index is 2.13. The maximum absolute atomic E-state index is 9.15. The van der Waals surface area contributed by atoms with Crippen LogP contribution < -0.4 is 5.32 Å². The summed E-state index contributed by atoms with van der Waals surface area (Å²) in [5.41, 5.74) is 1.20. The van der Waals surface area contributed by atoms with Crippen LogP contribution in [0.25, 0.3) is 0 Å². The smallest absolute Gasteiger partial charge is 0.0471 e. The molecule has 15 heavy (non-hydrogen) atoms. The standard InChI is InChI=1S/C12H16ClNO/c13-12-4-2-1-3-11(12)10-5-9(8-15)6-14-7-10/h1-4,9-10,14-15H,5-8H2. The summed E-state index contributed by atoms with van der Waals surface area (Å²) in [5, 5.41) is 13.3. The highest BCUT2D eigenvalue weighted by Gasteiger charge is 2.23. The third kappa shape index (κ3) is 2.51. The quantitative estimate of drug-likeness (QED) is 0.807. The van der Waals surface area contributed by atoms with Gasteiger partial charge in [0, 0.05) is 24.7 Å². The van der Waals surface area contributed by atoms with Crippen LogP contribution >= 0.6 is 11.6 Å². The lowest BCUT2D eigenvalue weighted by Crippen LogP contribution is -2.36. The number of hydrogen-bond donors (Lipinski definition) is 2. The fourth-order valence-corrected chi connectivity index (χ4v) is 2.50. The highest BCUT2D eigenvalue weighted by Crippen LogP contribution is 2.30. The fraction of sp³-hybridized carbons (Fsp3) is 0.500. The van der Waals surface area contributed by atoms with Gasteiger partial charge in [-0.15, -0.1) is 0 Å². The number of aliphatic hydroxyl groups excluding tert-OH is 1. The van der Waals surface area contributed by atoms with Gasteiger partial charge in [-0.1, -0.05) is 29.8 Å². The lowest BCUT2D eigenvalue weighted by molar-refractivity contribution is 0.190. The molecule has 1 fully saturated rings. The van der Waals surface area contributed by atoms with Crippen LogP contribution in [0, 0.1) is 5.92 Å². The van der Waals surface area contributed by atoms with Crippen molar-refractivity contribution >= 4 is 11.6 Å². The molecule has 0 spiro atoms. The second kappa shape index (κ2) is 4.97. The molecule has 82 valence electrons. The van der Waals surface area contributed by atoms with Gasteiger partial charge in [-0.25, -0.2) is 0 Å². The van der Waals surface area contributed by atoms with Crippen molar-refractivity contribution in [3.63, 3.8) is 0 Å². The molecule has 1 heterocycles. The molecule has 2 atom stereocenters. The molecule has 0 aliphatic carbocycles. The molecular formula is C12H16ClNO. The summed E-state index contributed by atoms with van der Waals surface area (Å²) < 4.78 is 0. The van der Waals surface area contributed by atoms with Crippen molar-refractivity contribution in [2.75, 3.05) is 19.7 Å². The Morgan fingerprint density at radius 2 is 2.13 bits per heavy atom. The second-order valence-electron chi connectivity index (χ2n) is 4.16. The monoisotopic (exact) mass is 225 g/mol. The van der Waals surface area contributed by atoms with Gasteiger partial charge < -0.3 is 10.4 Å². The molecule has 2 N–H and O–H groups in total. The van der Waals surface area contributed by atoms with Crippen LogP contribution in [0.3, 0.4) is 0 Å². The molecule has 0 radical (unpaired) electrons. The summed E-state index contributed by atoms with van der Waals surface area (Å²) >= 11 is 6.16. The average Bonchev–Trinajstić information content (AvgIpc) is 2.30. The maximum Gasteiger partial charge on any atom is 0.0471 e. The molecule has 2 rings (SSSR count). The predicted octanol–water partition coefficient (Wildman–Crippen LogP) is 2.03. The first-order chi connectivity index (χ1) is 7.31. The van der Waals surface area contributed by atoms with Gasteiger partial charge in [-0.05, 0) is 29.9 Å². The van der Waals surface area contributed by atoms with Crippen LogP contribution in [0.1, 0.15) is 17.9 Å². The van der Waals surface area contributed by atoms with E-state index in [4.69, 9.17) is 16.7 Å². The Hall–Kier alpha value is -0.570. The maximum atomic E-state index is 9.15. The van der Waals surface area contributed by atoms with E-state index in [1.54, 1.807) is 0 Å². The SMILES string of the molecule is OCC1CNCC(c2ccccc2Cl)C1. The van der Waals surface area contributed by atoms with E-state index in [1.165, 1.54) is 5.56 Å². The Morgan fingerprint density at radius 1 is 1.33 bits per heavy atom. The summed E-state index contributed by atoms with van der Waals surface area (Å²) in [6, 6.07) is 7.98. The first-order valence-electron chi connectivity index (χ1n) is 5.37. The van der Waals surface area contributed by atoms with Crippen molar-refractivity contribution < 1.29 is 5.11 Å². The van der Waals surface area contributed by atoms with Crippen molar-refractivity contribution in [3.05, 3.63) is 34.9 Å². The van der Waals surface area contributed by atoms with E-state index in [2.05, 4.69) is 11.4 Å². The second-order valence-corrected chi connectivity index (χ2v) is 4.57. The molecule has 1 aliphatic rings. The Bertz CT molecular complexity index is 329. The van der Waals surface area contributed by atoms with Gasteiger partial charge in [0.25, 0.3) is 0 Å². The molecule has 0 amide bonds. The molecule has 1 aliphatic heterocycles. The van der Waals surface area contributed by atoms with Crippen molar-refractivity contribution in [2.45, 2.75) is 12.3 Å². The third-order valence-electron chi connectivity index (χ3n) is 3.04. The van der Waals surface area contributed by atoms with E-state index < -0.39 is 0 Å². The van der Waals surface area contributed by atoms with Crippen LogP contribution in [-0.2, 0) is 0 Å². The Morgan fingerprint density at radius 3 is 2.87 bits per heavy atom. The first kappa shape index (κ1) is 10.9. The largest absolute Gasteiger partial charge is 0.396 e. The molecule has 0 aromatic heterocycles. The van der Waals surface area contributed by atoms with Gasteiger partial charge >= 0.3 is 0 Å². The van der Waals surface area contributed by atoms with E-state index >= 15 is 0 Å². The molecular weight excluding hydrogens is 210 g/mol. The van der Waals surface area contributed by atoms with E-state index in [0.717, 1.165) is 24.5 Å². The number of piperidine rings is 1. The lowest BCUT2D eigenvalue weighted by Gasteiger charge is -2.29. The van der Waals surface area contributed by atoms with Gasteiger partial charge in [0.1, 0.15) is 0 Å². The molecule has 0 saturated carbocycles. The van der Waals surface area contributed by atoms with Crippen LogP contribution in [0.5, 0.6) is 0 Å². The van der Waals surface area contributed by atoms with E-state index in [9.17, 15) is 0 Å². The van der Waals surface area contributed by atoms with Crippen molar-refractivity contribution in [1.29, 1.82) is 0 Å². The summed E-state index contributed by atoms with van der Waals surface area (Å²) in [4.78, 5) is 0. The van der Waals surface area contributed by atoms with Crippen molar-refractivity contribution in [3.8, 4) is 0 Å². The van der Waals surface area contributed by atoms with Gasteiger partial charge in [0.15, 0.2) is 0 Å². The number of benzene rings is 1. The highest BCUT2D eigenvalue weighted by molar-refractivity contribution is 6.31. The Kier molecular flexibility index (Phi) is 3.62. The minimum atomic E-state index is 0.258. The van der Waals surface area contributed by atoms with Crippen LogP contribution in [0.4, 0.5) is 0 Å². The fourth-order valence-electron chi connectivity index (χ4n) is 2.21. The summed E-state index contributed by atoms with van der Waals surface area (Å²) in [6.45, 7) is 2.13. The zero-order chi connectivity index (χ0) is 10.7. The van der Waals surface area contributed by atoms with Gasteiger partial charge in [-0.3, -0.25) is 0 Å². The zero-order valence-electron chi connectivity index (χ0n) is 8.62. The minimum absolute atomic E-state index is 0.258. The summed E-state index contributed by atoms with van der Waals surface area (Å²) in [7, 11) is 0. The molecule has 1 aromatic rings. The third-order valence-corrected chi connectivity index (χ3v) is 3.39. The van der Waals surface area contributed by atoms with Gasteiger partial charge in [0.2, 0.25) is 0 Å².